The predicted octanol–water partition coefficient (Wildman–Crippen LogP) is 3.48. The van der Waals surface area contributed by atoms with Crippen LogP contribution in [0.3, 0.4) is 0 Å². The summed E-state index contributed by atoms with van der Waals surface area (Å²) < 4.78 is 28.1. The van der Waals surface area contributed by atoms with Crippen LogP contribution in [-0.2, 0) is 15.6 Å². The van der Waals surface area contributed by atoms with Gasteiger partial charge in [0.15, 0.2) is 0 Å². The molecule has 0 spiro atoms. The van der Waals surface area contributed by atoms with Crippen LogP contribution < -0.4 is 4.72 Å². The highest BCUT2D eigenvalue weighted by molar-refractivity contribution is 7.89. The van der Waals surface area contributed by atoms with Gasteiger partial charge in [-0.3, -0.25) is 0 Å². The normalized spacial score (nSPS) is 17.5. The lowest BCUT2D eigenvalue weighted by atomic mass is 9.96. The maximum absolute atomic E-state index is 12.7. The van der Waals surface area contributed by atoms with Gasteiger partial charge >= 0.3 is 0 Å². The lowest BCUT2D eigenvalue weighted by molar-refractivity contribution is 0.0222. The minimum atomic E-state index is -3.69. The van der Waals surface area contributed by atoms with E-state index in [0.717, 1.165) is 28.5 Å². The van der Waals surface area contributed by atoms with Crippen molar-refractivity contribution in [3.05, 3.63) is 64.9 Å². The van der Waals surface area contributed by atoms with Gasteiger partial charge in [0.1, 0.15) is 5.60 Å². The lowest BCUT2D eigenvalue weighted by Gasteiger charge is -2.27. The van der Waals surface area contributed by atoms with E-state index in [0.29, 0.717) is 0 Å². The smallest absolute Gasteiger partial charge is 0.240 e. The van der Waals surface area contributed by atoms with Crippen molar-refractivity contribution in [2.24, 2.45) is 5.92 Å². The fourth-order valence-corrected chi connectivity index (χ4v) is 5.15. The maximum atomic E-state index is 12.7. The lowest BCUT2D eigenvalue weighted by Crippen LogP contribution is -2.41. The van der Waals surface area contributed by atoms with Crippen molar-refractivity contribution in [1.29, 1.82) is 0 Å². The van der Waals surface area contributed by atoms with Crippen molar-refractivity contribution < 1.29 is 13.5 Å². The van der Waals surface area contributed by atoms with Crippen molar-refractivity contribution in [3.8, 4) is 0 Å². The molecule has 6 heteroatoms. The molecule has 1 heterocycles. The summed E-state index contributed by atoms with van der Waals surface area (Å²) in [5.41, 5.74) is -1.13. The van der Waals surface area contributed by atoms with Gasteiger partial charge in [0.2, 0.25) is 10.0 Å². The van der Waals surface area contributed by atoms with E-state index in [1.807, 2.05) is 41.8 Å². The zero-order chi connectivity index (χ0) is 17.5. The van der Waals surface area contributed by atoms with Gasteiger partial charge in [-0.2, -0.15) is 0 Å². The summed E-state index contributed by atoms with van der Waals surface area (Å²) in [5.74, 6) is 0.116. The first-order valence-electron chi connectivity index (χ1n) is 8.24. The van der Waals surface area contributed by atoms with Crippen LogP contribution in [0.25, 0.3) is 10.8 Å². The molecule has 25 heavy (non-hydrogen) atoms. The largest absolute Gasteiger partial charge is 0.383 e. The molecule has 1 aliphatic carbocycles. The molecule has 2 N–H and O–H groups in total. The van der Waals surface area contributed by atoms with Crippen LogP contribution in [0.5, 0.6) is 0 Å². The molecule has 4 nitrogen and oxygen atoms in total. The molecule has 1 saturated carbocycles. The quantitative estimate of drug-likeness (QED) is 0.695. The number of nitrogens with one attached hydrogen (secondary N) is 1. The van der Waals surface area contributed by atoms with E-state index in [1.165, 1.54) is 11.3 Å². The number of sulfonamides is 1. The number of rotatable bonds is 6. The summed E-state index contributed by atoms with van der Waals surface area (Å²) in [6, 6.07) is 16.5. The van der Waals surface area contributed by atoms with Crippen molar-refractivity contribution in [3.63, 3.8) is 0 Å². The van der Waals surface area contributed by atoms with Gasteiger partial charge in [0.25, 0.3) is 0 Å². The molecule has 4 rings (SSSR count). The zero-order valence-electron chi connectivity index (χ0n) is 13.6. The molecule has 1 fully saturated rings. The second-order valence-electron chi connectivity index (χ2n) is 6.51. The van der Waals surface area contributed by atoms with Gasteiger partial charge < -0.3 is 5.11 Å². The summed E-state index contributed by atoms with van der Waals surface area (Å²) in [5, 5.41) is 14.9. The molecule has 1 aromatic heterocycles. The summed E-state index contributed by atoms with van der Waals surface area (Å²) in [7, 11) is -3.69. The topological polar surface area (TPSA) is 66.4 Å². The molecule has 0 aliphatic heterocycles. The average molecular weight is 373 g/mol. The summed E-state index contributed by atoms with van der Waals surface area (Å²) >= 11 is 1.46. The van der Waals surface area contributed by atoms with Gasteiger partial charge in [-0.25, -0.2) is 13.1 Å². The van der Waals surface area contributed by atoms with Crippen LogP contribution in [-0.4, -0.2) is 20.1 Å². The molecule has 3 aromatic rings. The standard InChI is InChI=1S/C19H19NO3S2/c21-19(16-8-9-16,18-6-3-11-24-18)13-20-25(22,23)17-10-7-14-4-1-2-5-15(14)12-17/h1-7,10-12,16,20-21H,8-9,13H2. The molecule has 0 bridgehead atoms. The van der Waals surface area contributed by atoms with Gasteiger partial charge in [0.05, 0.1) is 4.90 Å². The molecule has 0 radical (unpaired) electrons. The Morgan fingerprint density at radius 1 is 1.08 bits per heavy atom. The van der Waals surface area contributed by atoms with Crippen molar-refractivity contribution in [2.45, 2.75) is 23.3 Å². The van der Waals surface area contributed by atoms with E-state index in [2.05, 4.69) is 4.72 Å². The average Bonchev–Trinajstić information content (AvgIpc) is 3.34. The van der Waals surface area contributed by atoms with Gasteiger partial charge in [-0.15, -0.1) is 11.3 Å². The minimum absolute atomic E-state index is 0.00661. The Balaban J connectivity index is 1.60. The summed E-state index contributed by atoms with van der Waals surface area (Å²) in [6.07, 6.45) is 1.85. The van der Waals surface area contributed by atoms with E-state index >= 15 is 0 Å². The molecular formula is C19H19NO3S2. The van der Waals surface area contributed by atoms with Crippen molar-refractivity contribution in [1.82, 2.24) is 4.72 Å². The van der Waals surface area contributed by atoms with Crippen molar-refractivity contribution in [2.75, 3.05) is 6.54 Å². The summed E-state index contributed by atoms with van der Waals surface area (Å²) in [4.78, 5) is 1.03. The van der Waals surface area contributed by atoms with Crippen LogP contribution >= 0.6 is 11.3 Å². The monoisotopic (exact) mass is 373 g/mol. The fraction of sp³-hybridized carbons (Fsp3) is 0.263. The van der Waals surface area contributed by atoms with Crippen LogP contribution in [0, 0.1) is 5.92 Å². The number of thiophene rings is 1. The third-order valence-corrected chi connectivity index (χ3v) is 7.20. The Hall–Kier alpha value is -1.73. The van der Waals surface area contributed by atoms with Gasteiger partial charge in [-0.1, -0.05) is 36.4 Å². The Morgan fingerprint density at radius 3 is 2.52 bits per heavy atom. The third-order valence-electron chi connectivity index (χ3n) is 4.76. The first-order chi connectivity index (χ1) is 12.0. The van der Waals surface area contributed by atoms with E-state index < -0.39 is 15.6 Å². The van der Waals surface area contributed by atoms with Gasteiger partial charge in [-0.05, 0) is 53.1 Å². The highest BCUT2D eigenvalue weighted by Crippen LogP contribution is 2.46. The number of aliphatic hydroxyl groups is 1. The molecule has 1 atom stereocenters. The highest BCUT2D eigenvalue weighted by Gasteiger charge is 2.46. The Labute approximate surface area is 151 Å². The van der Waals surface area contributed by atoms with E-state index in [9.17, 15) is 13.5 Å². The van der Waals surface area contributed by atoms with Crippen LogP contribution in [0.4, 0.5) is 0 Å². The second kappa shape index (κ2) is 6.21. The van der Waals surface area contributed by atoms with Crippen LogP contribution in [0.1, 0.15) is 17.7 Å². The van der Waals surface area contributed by atoms with Crippen LogP contribution in [0.2, 0.25) is 0 Å². The number of hydrogen-bond acceptors (Lipinski definition) is 4. The Morgan fingerprint density at radius 2 is 1.84 bits per heavy atom. The summed E-state index contributed by atoms with van der Waals surface area (Å²) in [6.45, 7) is -0.00661. The minimum Gasteiger partial charge on any atom is -0.383 e. The Bertz CT molecular complexity index is 994. The zero-order valence-corrected chi connectivity index (χ0v) is 15.2. The number of benzene rings is 2. The molecule has 0 amide bonds. The second-order valence-corrected chi connectivity index (χ2v) is 9.22. The van der Waals surface area contributed by atoms with Crippen LogP contribution in [0.15, 0.2) is 64.9 Å². The number of fused-ring (bicyclic) bond motifs is 1. The molecule has 1 aliphatic rings. The van der Waals surface area contributed by atoms with E-state index in [4.69, 9.17) is 0 Å². The maximum Gasteiger partial charge on any atom is 0.240 e. The van der Waals surface area contributed by atoms with Crippen molar-refractivity contribution >= 4 is 32.1 Å². The SMILES string of the molecule is O=S(=O)(NCC(O)(c1cccs1)C1CC1)c1ccc2ccccc2c1. The predicted molar refractivity (Wildman–Crippen MR) is 100 cm³/mol. The first kappa shape index (κ1) is 16.7. The van der Waals surface area contributed by atoms with Gasteiger partial charge in [0, 0.05) is 11.4 Å². The first-order valence-corrected chi connectivity index (χ1v) is 10.6. The van der Waals surface area contributed by atoms with E-state index in [-0.39, 0.29) is 17.4 Å². The van der Waals surface area contributed by atoms with E-state index in [1.54, 1.807) is 18.2 Å². The molecule has 0 saturated heterocycles. The number of hydrogen-bond donors (Lipinski definition) is 2. The highest BCUT2D eigenvalue weighted by atomic mass is 32.2. The molecule has 2 aromatic carbocycles. The fourth-order valence-electron chi connectivity index (χ4n) is 3.14. The molecular weight excluding hydrogens is 354 g/mol. The molecule has 130 valence electrons. The molecule has 1 unspecified atom stereocenters. The third kappa shape index (κ3) is 3.22. The Kier molecular flexibility index (Phi) is 4.16.